The van der Waals surface area contributed by atoms with Gasteiger partial charge in [-0.15, -0.1) is 10.2 Å². The number of aromatic nitrogens is 2. The summed E-state index contributed by atoms with van der Waals surface area (Å²) in [5, 5.41) is 17.8. The van der Waals surface area contributed by atoms with Crippen molar-refractivity contribution >= 4 is 17.7 Å². The molecule has 1 aromatic carbocycles. The summed E-state index contributed by atoms with van der Waals surface area (Å²) < 4.78 is 10.8. The van der Waals surface area contributed by atoms with Crippen molar-refractivity contribution in [2.75, 3.05) is 39.0 Å². The van der Waals surface area contributed by atoms with Crippen molar-refractivity contribution in [1.82, 2.24) is 20.0 Å². The summed E-state index contributed by atoms with van der Waals surface area (Å²) in [5.74, 6) is 1.72. The molecule has 2 aromatic rings. The lowest BCUT2D eigenvalue weighted by atomic mass is 10.0. The highest BCUT2D eigenvalue weighted by Gasteiger charge is 2.27. The van der Waals surface area contributed by atoms with E-state index in [-0.39, 0.29) is 23.6 Å². The molecule has 3 rings (SSSR count). The van der Waals surface area contributed by atoms with Crippen LogP contribution in [0.1, 0.15) is 13.8 Å². The van der Waals surface area contributed by atoms with Crippen molar-refractivity contribution in [1.29, 1.82) is 5.26 Å². The Hall–Kier alpha value is -2.57. The molecule has 9 heteroatoms. The van der Waals surface area contributed by atoms with E-state index in [0.29, 0.717) is 24.2 Å². The SMILES string of the molecule is COc1ccc(-c2nnc(SCC(=O)N3CCN(C(C#N)C(C)C)CC3)o2)cc1. The number of hydrogen-bond donors (Lipinski definition) is 0. The van der Waals surface area contributed by atoms with Gasteiger partial charge in [0.2, 0.25) is 11.8 Å². The van der Waals surface area contributed by atoms with Gasteiger partial charge in [0.05, 0.1) is 18.9 Å². The molecule has 1 saturated heterocycles. The lowest BCUT2D eigenvalue weighted by molar-refractivity contribution is -0.130. The molecule has 29 heavy (non-hydrogen) atoms. The average Bonchev–Trinajstić information content (AvgIpc) is 3.22. The Balaban J connectivity index is 1.49. The van der Waals surface area contributed by atoms with Crippen LogP contribution in [0.2, 0.25) is 0 Å². The fourth-order valence-corrected chi connectivity index (χ4v) is 3.90. The van der Waals surface area contributed by atoms with Gasteiger partial charge in [-0.1, -0.05) is 25.6 Å². The topological polar surface area (TPSA) is 95.5 Å². The molecule has 0 spiro atoms. The van der Waals surface area contributed by atoms with E-state index in [2.05, 4.69) is 21.2 Å². The highest BCUT2D eigenvalue weighted by atomic mass is 32.2. The second-order valence-electron chi connectivity index (χ2n) is 7.13. The van der Waals surface area contributed by atoms with E-state index in [1.54, 1.807) is 7.11 Å². The fraction of sp³-hybridized carbons (Fsp3) is 0.500. The monoisotopic (exact) mass is 415 g/mol. The van der Waals surface area contributed by atoms with Gasteiger partial charge in [-0.25, -0.2) is 0 Å². The molecule has 1 aliphatic heterocycles. The van der Waals surface area contributed by atoms with E-state index in [4.69, 9.17) is 9.15 Å². The van der Waals surface area contributed by atoms with E-state index < -0.39 is 0 Å². The maximum Gasteiger partial charge on any atom is 0.277 e. The number of nitrogens with zero attached hydrogens (tertiary/aromatic N) is 5. The van der Waals surface area contributed by atoms with Crippen LogP contribution in [0.15, 0.2) is 33.9 Å². The van der Waals surface area contributed by atoms with E-state index in [9.17, 15) is 10.1 Å². The zero-order chi connectivity index (χ0) is 20.8. The van der Waals surface area contributed by atoms with E-state index in [0.717, 1.165) is 24.4 Å². The Morgan fingerprint density at radius 1 is 1.24 bits per heavy atom. The van der Waals surface area contributed by atoms with E-state index >= 15 is 0 Å². The number of methoxy groups -OCH3 is 1. The molecule has 1 aliphatic rings. The summed E-state index contributed by atoms with van der Waals surface area (Å²) in [6.07, 6.45) is 0. The normalized spacial score (nSPS) is 15.9. The molecule has 8 nitrogen and oxygen atoms in total. The van der Waals surface area contributed by atoms with Crippen molar-refractivity contribution < 1.29 is 13.9 Å². The number of hydrogen-bond acceptors (Lipinski definition) is 8. The lowest BCUT2D eigenvalue weighted by Crippen LogP contribution is -2.53. The Bertz CT molecular complexity index is 854. The van der Waals surface area contributed by atoms with E-state index in [1.165, 1.54) is 11.8 Å². The van der Waals surface area contributed by atoms with Crippen LogP contribution in [0, 0.1) is 17.2 Å². The average molecular weight is 416 g/mol. The van der Waals surface area contributed by atoms with Gasteiger partial charge in [0.25, 0.3) is 5.22 Å². The second kappa shape index (κ2) is 9.76. The smallest absolute Gasteiger partial charge is 0.277 e. The van der Waals surface area contributed by atoms with Crippen molar-refractivity contribution in [3.05, 3.63) is 24.3 Å². The molecule has 0 saturated carbocycles. The second-order valence-corrected chi connectivity index (χ2v) is 8.05. The third kappa shape index (κ3) is 5.28. The Kier molecular flexibility index (Phi) is 7.12. The van der Waals surface area contributed by atoms with Gasteiger partial charge in [0.15, 0.2) is 0 Å². The molecular weight excluding hydrogens is 390 g/mol. The summed E-state index contributed by atoms with van der Waals surface area (Å²) >= 11 is 1.24. The largest absolute Gasteiger partial charge is 0.497 e. The molecule has 0 aliphatic carbocycles. The van der Waals surface area contributed by atoms with Gasteiger partial charge in [-0.2, -0.15) is 5.26 Å². The van der Waals surface area contributed by atoms with Crippen LogP contribution in [0.5, 0.6) is 5.75 Å². The summed E-state index contributed by atoms with van der Waals surface area (Å²) in [5.41, 5.74) is 0.796. The highest BCUT2D eigenvalue weighted by molar-refractivity contribution is 7.99. The number of benzene rings is 1. The van der Waals surface area contributed by atoms with Crippen LogP contribution in [0.3, 0.4) is 0 Å². The molecule has 1 aromatic heterocycles. The maximum absolute atomic E-state index is 12.5. The van der Waals surface area contributed by atoms with Crippen LogP contribution in [0.25, 0.3) is 11.5 Å². The van der Waals surface area contributed by atoms with Gasteiger partial charge in [0.1, 0.15) is 11.8 Å². The van der Waals surface area contributed by atoms with Crippen molar-refractivity contribution in [2.45, 2.75) is 25.1 Å². The molecule has 1 unspecified atom stereocenters. The molecule has 154 valence electrons. The van der Waals surface area contributed by atoms with Crippen molar-refractivity contribution in [3.8, 4) is 23.3 Å². The summed E-state index contributed by atoms with van der Waals surface area (Å²) in [4.78, 5) is 16.5. The summed E-state index contributed by atoms with van der Waals surface area (Å²) in [6.45, 7) is 6.79. The lowest BCUT2D eigenvalue weighted by Gasteiger charge is -2.38. The quantitative estimate of drug-likeness (QED) is 0.637. The van der Waals surface area contributed by atoms with Gasteiger partial charge in [0, 0.05) is 31.7 Å². The first-order valence-corrected chi connectivity index (χ1v) is 10.5. The standard InChI is InChI=1S/C20H25N5O3S/c1-14(2)17(12-21)24-8-10-25(11-9-24)18(26)13-29-20-23-22-19(28-20)15-4-6-16(27-3)7-5-15/h4-7,14,17H,8-11,13H2,1-3H3. The Labute approximate surface area is 174 Å². The zero-order valence-corrected chi connectivity index (χ0v) is 17.7. The first-order valence-electron chi connectivity index (χ1n) is 9.54. The highest BCUT2D eigenvalue weighted by Crippen LogP contribution is 2.25. The molecular formula is C20H25N5O3S. The third-order valence-corrected chi connectivity index (χ3v) is 5.69. The van der Waals surface area contributed by atoms with Crippen molar-refractivity contribution in [3.63, 3.8) is 0 Å². The fourth-order valence-electron chi connectivity index (χ4n) is 3.23. The molecule has 1 fully saturated rings. The van der Waals surface area contributed by atoms with Crippen LogP contribution in [-0.4, -0.2) is 71.0 Å². The maximum atomic E-state index is 12.5. The molecule has 0 N–H and O–H groups in total. The number of nitriles is 1. The number of rotatable bonds is 7. The van der Waals surface area contributed by atoms with E-state index in [1.807, 2.05) is 43.0 Å². The van der Waals surface area contributed by atoms with Gasteiger partial charge in [-0.05, 0) is 30.2 Å². The number of carbonyl (C=O) groups excluding carboxylic acids is 1. The number of amides is 1. The minimum atomic E-state index is -0.101. The van der Waals surface area contributed by atoms with Crippen LogP contribution in [0.4, 0.5) is 0 Å². The first kappa shape index (κ1) is 21.1. The number of carbonyl (C=O) groups is 1. The Morgan fingerprint density at radius 2 is 1.93 bits per heavy atom. The zero-order valence-electron chi connectivity index (χ0n) is 16.9. The molecule has 1 amide bonds. The number of piperazine rings is 1. The van der Waals surface area contributed by atoms with Crippen LogP contribution < -0.4 is 4.74 Å². The van der Waals surface area contributed by atoms with Gasteiger partial charge >= 0.3 is 0 Å². The summed E-state index contributed by atoms with van der Waals surface area (Å²) in [7, 11) is 1.61. The summed E-state index contributed by atoms with van der Waals surface area (Å²) in [6, 6.07) is 9.61. The van der Waals surface area contributed by atoms with Crippen molar-refractivity contribution in [2.24, 2.45) is 5.92 Å². The minimum absolute atomic E-state index is 0.0388. The third-order valence-electron chi connectivity index (χ3n) is 4.89. The number of thioether (sulfide) groups is 1. The predicted octanol–water partition coefficient (Wildman–Crippen LogP) is 2.53. The molecule has 2 heterocycles. The molecule has 0 radical (unpaired) electrons. The minimum Gasteiger partial charge on any atom is -0.497 e. The van der Waals surface area contributed by atoms with Gasteiger partial charge in [-0.3, -0.25) is 9.69 Å². The van der Waals surface area contributed by atoms with Crippen LogP contribution >= 0.6 is 11.8 Å². The van der Waals surface area contributed by atoms with Gasteiger partial charge < -0.3 is 14.1 Å². The molecule has 0 bridgehead atoms. The van der Waals surface area contributed by atoms with Crippen LogP contribution in [-0.2, 0) is 4.79 Å². The molecule has 1 atom stereocenters. The predicted molar refractivity (Wildman–Crippen MR) is 109 cm³/mol. The Morgan fingerprint density at radius 3 is 2.52 bits per heavy atom. The first-order chi connectivity index (χ1) is 14.0. The number of ether oxygens (including phenoxy) is 1.